The van der Waals surface area contributed by atoms with Crippen LogP contribution in [0.2, 0.25) is 0 Å². The number of ether oxygens (including phenoxy) is 1. The van der Waals surface area contributed by atoms with Crippen LogP contribution < -0.4 is 10.5 Å². The fraction of sp³-hybridized carbons (Fsp3) is 0.190. The highest BCUT2D eigenvalue weighted by molar-refractivity contribution is 8.18. The number of thioether (sulfide) groups is 1. The number of nitrogens with zero attached hydrogens (tertiary/aromatic N) is 2. The summed E-state index contributed by atoms with van der Waals surface area (Å²) in [4.78, 5) is 30.2. The number of benzene rings is 2. The maximum Gasteiger partial charge on any atom is 0.266 e. The number of likely N-dealkylation sites (N-methyl/N-ethyl adjacent to an activating group) is 1. The average molecular weight is 395 g/mol. The van der Waals surface area contributed by atoms with E-state index in [0.29, 0.717) is 15.8 Å². The number of amides is 2. The molecule has 28 heavy (non-hydrogen) atoms. The van der Waals surface area contributed by atoms with E-state index in [1.807, 2.05) is 50.3 Å². The van der Waals surface area contributed by atoms with E-state index < -0.39 is 5.91 Å². The van der Waals surface area contributed by atoms with Crippen molar-refractivity contribution in [3.63, 3.8) is 0 Å². The zero-order valence-electron chi connectivity index (χ0n) is 15.9. The van der Waals surface area contributed by atoms with Gasteiger partial charge >= 0.3 is 0 Å². The van der Waals surface area contributed by atoms with Gasteiger partial charge in [-0.15, -0.1) is 0 Å². The van der Waals surface area contributed by atoms with Crippen molar-refractivity contribution in [1.82, 2.24) is 4.90 Å². The molecule has 0 aliphatic carbocycles. The number of primary amides is 1. The summed E-state index contributed by atoms with van der Waals surface area (Å²) < 4.78 is 5.24. The largest absolute Gasteiger partial charge is 0.484 e. The molecule has 0 aromatic heterocycles. The summed E-state index contributed by atoms with van der Waals surface area (Å²) in [5.41, 5.74) is 8.94. The molecule has 7 heteroatoms. The molecule has 0 unspecified atom stereocenters. The number of amidine groups is 1. The van der Waals surface area contributed by atoms with Crippen LogP contribution >= 0.6 is 11.8 Å². The molecule has 1 saturated heterocycles. The third kappa shape index (κ3) is 4.43. The van der Waals surface area contributed by atoms with E-state index in [1.54, 1.807) is 24.1 Å². The second kappa shape index (κ2) is 8.31. The third-order valence-corrected chi connectivity index (χ3v) is 5.27. The van der Waals surface area contributed by atoms with Crippen molar-refractivity contribution in [3.05, 3.63) is 64.1 Å². The minimum Gasteiger partial charge on any atom is -0.484 e. The molecule has 1 aliphatic heterocycles. The highest BCUT2D eigenvalue weighted by atomic mass is 32.2. The van der Waals surface area contributed by atoms with E-state index in [9.17, 15) is 9.59 Å². The Kier molecular flexibility index (Phi) is 5.84. The Morgan fingerprint density at radius 2 is 1.82 bits per heavy atom. The molecule has 6 nitrogen and oxygen atoms in total. The van der Waals surface area contributed by atoms with E-state index in [4.69, 9.17) is 15.5 Å². The van der Waals surface area contributed by atoms with Gasteiger partial charge in [-0.1, -0.05) is 30.3 Å². The fourth-order valence-corrected chi connectivity index (χ4v) is 3.67. The number of rotatable bonds is 5. The fourth-order valence-electron chi connectivity index (χ4n) is 2.70. The summed E-state index contributed by atoms with van der Waals surface area (Å²) in [6, 6.07) is 13.1. The molecular formula is C21H21N3O3S. The standard InChI is InChI=1S/C21H21N3O3S/c1-13-5-4-6-14(2)19(13)23-21-24(3)20(26)17(28-21)11-15-7-9-16(10-8-15)27-12-18(22)25/h4-11H,12H2,1-3H3,(H2,22,25)/b17-11-,23-21?. The second-order valence-corrected chi connectivity index (χ2v) is 7.44. The molecule has 144 valence electrons. The Morgan fingerprint density at radius 1 is 1.18 bits per heavy atom. The molecule has 1 aliphatic rings. The van der Waals surface area contributed by atoms with Crippen LogP contribution in [0.5, 0.6) is 5.75 Å². The third-order valence-electron chi connectivity index (χ3n) is 4.21. The summed E-state index contributed by atoms with van der Waals surface area (Å²) in [6.07, 6.45) is 1.81. The summed E-state index contributed by atoms with van der Waals surface area (Å²) in [7, 11) is 1.73. The summed E-state index contributed by atoms with van der Waals surface area (Å²) in [6.45, 7) is 3.84. The molecular weight excluding hydrogens is 374 g/mol. The topological polar surface area (TPSA) is 85.0 Å². The number of nitrogens with two attached hydrogens (primary N) is 1. The second-order valence-electron chi connectivity index (χ2n) is 6.43. The Labute approximate surface area is 168 Å². The molecule has 0 radical (unpaired) electrons. The van der Waals surface area contributed by atoms with Crippen molar-refractivity contribution in [3.8, 4) is 5.75 Å². The highest BCUT2D eigenvalue weighted by Gasteiger charge is 2.30. The van der Waals surface area contributed by atoms with E-state index >= 15 is 0 Å². The van der Waals surface area contributed by atoms with E-state index in [0.717, 1.165) is 22.4 Å². The van der Waals surface area contributed by atoms with E-state index in [1.165, 1.54) is 11.8 Å². The van der Waals surface area contributed by atoms with E-state index in [-0.39, 0.29) is 12.5 Å². The lowest BCUT2D eigenvalue weighted by Gasteiger charge is -2.09. The van der Waals surface area contributed by atoms with E-state index in [2.05, 4.69) is 0 Å². The SMILES string of the molecule is Cc1cccc(C)c1N=C1S/C(=C\c2ccc(OCC(N)=O)cc2)C(=O)N1C. The maximum absolute atomic E-state index is 12.6. The monoisotopic (exact) mass is 395 g/mol. The molecule has 1 heterocycles. The smallest absolute Gasteiger partial charge is 0.266 e. The Balaban J connectivity index is 1.81. The van der Waals surface area contributed by atoms with Crippen LogP contribution in [0.25, 0.3) is 6.08 Å². The maximum atomic E-state index is 12.6. The average Bonchev–Trinajstić information content (AvgIpc) is 2.92. The van der Waals surface area contributed by atoms with Gasteiger partial charge in [0.25, 0.3) is 11.8 Å². The molecule has 0 atom stereocenters. The molecule has 0 bridgehead atoms. The lowest BCUT2D eigenvalue weighted by molar-refractivity contribution is -0.121. The Bertz CT molecular complexity index is 961. The van der Waals surface area contributed by atoms with Crippen LogP contribution in [-0.4, -0.2) is 35.5 Å². The van der Waals surface area contributed by atoms with Crippen LogP contribution in [0.4, 0.5) is 5.69 Å². The first kappa shape index (κ1) is 19.7. The van der Waals surface area contributed by atoms with Crippen molar-refractivity contribution in [2.75, 3.05) is 13.7 Å². The quantitative estimate of drug-likeness (QED) is 0.787. The van der Waals surface area contributed by atoms with Gasteiger partial charge in [0.1, 0.15) is 5.75 Å². The minimum atomic E-state index is -0.530. The van der Waals surface area contributed by atoms with Gasteiger partial charge in [0.15, 0.2) is 11.8 Å². The van der Waals surface area contributed by atoms with Gasteiger partial charge in [0.2, 0.25) is 0 Å². The molecule has 0 spiro atoms. The first-order valence-electron chi connectivity index (χ1n) is 8.69. The zero-order chi connectivity index (χ0) is 20.3. The van der Waals surface area contributed by atoms with Crippen LogP contribution in [-0.2, 0) is 9.59 Å². The van der Waals surface area contributed by atoms with Crippen molar-refractivity contribution in [1.29, 1.82) is 0 Å². The molecule has 1 fully saturated rings. The van der Waals surface area contributed by atoms with Gasteiger partial charge in [-0.2, -0.15) is 0 Å². The molecule has 2 aromatic carbocycles. The van der Waals surface area contributed by atoms with Gasteiger partial charge in [-0.25, -0.2) is 4.99 Å². The highest BCUT2D eigenvalue weighted by Crippen LogP contribution is 2.34. The van der Waals surface area contributed by atoms with Crippen molar-refractivity contribution in [2.24, 2.45) is 10.7 Å². The predicted octanol–water partition coefficient (Wildman–Crippen LogP) is 3.40. The number of aryl methyl sites for hydroxylation is 2. The first-order valence-corrected chi connectivity index (χ1v) is 9.50. The lowest BCUT2D eigenvalue weighted by atomic mass is 10.1. The number of para-hydroxylation sites is 1. The lowest BCUT2D eigenvalue weighted by Crippen LogP contribution is -2.23. The Morgan fingerprint density at radius 3 is 2.43 bits per heavy atom. The minimum absolute atomic E-state index is 0.0935. The number of hydrogen-bond acceptors (Lipinski definition) is 5. The van der Waals surface area contributed by atoms with Gasteiger partial charge in [-0.3, -0.25) is 14.5 Å². The van der Waals surface area contributed by atoms with Gasteiger partial charge in [0, 0.05) is 7.05 Å². The molecule has 2 amide bonds. The first-order chi connectivity index (χ1) is 13.3. The molecule has 3 rings (SSSR count). The van der Waals surface area contributed by atoms with Crippen molar-refractivity contribution in [2.45, 2.75) is 13.8 Å². The predicted molar refractivity (Wildman–Crippen MR) is 112 cm³/mol. The van der Waals surface area contributed by atoms with Gasteiger partial charge in [-0.05, 0) is 60.5 Å². The number of hydrogen-bond donors (Lipinski definition) is 1. The van der Waals surface area contributed by atoms with Crippen molar-refractivity contribution >= 4 is 40.5 Å². The summed E-state index contributed by atoms with van der Waals surface area (Å²) in [5, 5.41) is 0.648. The van der Waals surface area contributed by atoms with Crippen LogP contribution in [0.3, 0.4) is 0 Å². The normalized spacial score (nSPS) is 16.8. The number of aliphatic imine (C=N–C) groups is 1. The van der Waals surface area contributed by atoms with Crippen LogP contribution in [0.1, 0.15) is 16.7 Å². The van der Waals surface area contributed by atoms with Gasteiger partial charge < -0.3 is 10.5 Å². The van der Waals surface area contributed by atoms with Crippen LogP contribution in [0.15, 0.2) is 52.4 Å². The van der Waals surface area contributed by atoms with Gasteiger partial charge in [0.05, 0.1) is 10.6 Å². The van der Waals surface area contributed by atoms with Crippen LogP contribution in [0, 0.1) is 13.8 Å². The Hall–Kier alpha value is -3.06. The number of carbonyl (C=O) groups is 2. The zero-order valence-corrected chi connectivity index (χ0v) is 16.7. The summed E-state index contributed by atoms with van der Waals surface area (Å²) in [5.74, 6) is -0.0809. The summed E-state index contributed by atoms with van der Waals surface area (Å²) >= 11 is 1.35. The number of carbonyl (C=O) groups excluding carboxylic acids is 2. The van der Waals surface area contributed by atoms with Crippen molar-refractivity contribution < 1.29 is 14.3 Å². The molecule has 2 N–H and O–H groups in total. The molecule has 0 saturated carbocycles. The molecule has 2 aromatic rings.